The maximum atomic E-state index is 13.0. The van der Waals surface area contributed by atoms with Crippen LogP contribution in [0, 0.1) is 11.8 Å². The number of nitrogens with zero attached hydrogens (tertiary/aromatic N) is 1. The number of benzene rings is 1. The zero-order valence-electron chi connectivity index (χ0n) is 14.6. The monoisotopic (exact) mass is 345 g/mol. The molecule has 1 N–H and O–H groups in total. The maximum Gasteiger partial charge on any atom is 0.254 e. The minimum atomic E-state index is -0.319. The Morgan fingerprint density at radius 3 is 2.68 bits per heavy atom. The number of aliphatic hydroxyl groups is 1. The number of morpholine rings is 1. The maximum absolute atomic E-state index is 13.0. The van der Waals surface area contributed by atoms with Crippen molar-refractivity contribution in [2.45, 2.75) is 44.2 Å². The van der Waals surface area contributed by atoms with Crippen molar-refractivity contribution in [3.8, 4) is 5.75 Å². The molecule has 3 atom stereocenters. The second kappa shape index (κ2) is 7.34. The lowest BCUT2D eigenvalue weighted by atomic mass is 9.93. The number of hydrogen-bond donors (Lipinski definition) is 1. The van der Waals surface area contributed by atoms with E-state index in [2.05, 4.69) is 0 Å². The predicted octanol–water partition coefficient (Wildman–Crippen LogP) is 2.48. The summed E-state index contributed by atoms with van der Waals surface area (Å²) in [5.74, 6) is 1.70. The third-order valence-corrected chi connectivity index (χ3v) is 5.74. The van der Waals surface area contributed by atoms with Crippen LogP contribution < -0.4 is 4.74 Å². The van der Waals surface area contributed by atoms with E-state index >= 15 is 0 Å². The molecule has 3 fully saturated rings. The molecule has 3 aliphatic rings. The van der Waals surface area contributed by atoms with Crippen molar-refractivity contribution in [1.29, 1.82) is 0 Å². The summed E-state index contributed by atoms with van der Waals surface area (Å²) in [6.45, 7) is 2.45. The van der Waals surface area contributed by atoms with Crippen LogP contribution in [-0.4, -0.2) is 54.4 Å². The Hall–Kier alpha value is -1.59. The molecule has 0 radical (unpaired) electrons. The third-order valence-electron chi connectivity index (χ3n) is 5.74. The van der Waals surface area contributed by atoms with Crippen molar-refractivity contribution >= 4 is 5.91 Å². The van der Waals surface area contributed by atoms with E-state index < -0.39 is 0 Å². The first-order valence-electron chi connectivity index (χ1n) is 9.52. The van der Waals surface area contributed by atoms with Crippen LogP contribution >= 0.6 is 0 Å². The molecular weight excluding hydrogens is 318 g/mol. The lowest BCUT2D eigenvalue weighted by Crippen LogP contribution is -2.53. The van der Waals surface area contributed by atoms with Gasteiger partial charge >= 0.3 is 0 Å². The van der Waals surface area contributed by atoms with E-state index in [0.29, 0.717) is 31.2 Å². The van der Waals surface area contributed by atoms with Gasteiger partial charge in [0.1, 0.15) is 5.75 Å². The van der Waals surface area contributed by atoms with Crippen molar-refractivity contribution < 1.29 is 19.4 Å². The molecule has 1 saturated heterocycles. The van der Waals surface area contributed by atoms with Crippen LogP contribution in [0.1, 0.15) is 42.5 Å². The molecular formula is C20H27NO4. The highest BCUT2D eigenvalue weighted by atomic mass is 16.5. The number of hydrogen-bond acceptors (Lipinski definition) is 4. The van der Waals surface area contributed by atoms with E-state index in [0.717, 1.165) is 31.6 Å². The number of carbonyl (C=O) groups excluding carboxylic acids is 1. The van der Waals surface area contributed by atoms with Gasteiger partial charge in [-0.1, -0.05) is 6.42 Å². The fraction of sp³-hybridized carbons (Fsp3) is 0.650. The normalized spacial score (nSPS) is 29.6. The summed E-state index contributed by atoms with van der Waals surface area (Å²) in [6, 6.07) is 7.44. The molecule has 5 nitrogen and oxygen atoms in total. The Morgan fingerprint density at radius 2 is 2.00 bits per heavy atom. The van der Waals surface area contributed by atoms with E-state index in [1.807, 2.05) is 29.2 Å². The standard InChI is InChI=1S/C20H27NO4/c22-19-3-1-2-17(19)18-13-24-11-10-21(18)20(23)15-6-8-16(9-7-15)25-12-14-4-5-14/h6-9,14,17-19,22H,1-5,10-13H2/t17-,18+,19-/m0/s1. The number of aliphatic hydroxyl groups excluding tert-OH is 1. The molecule has 2 saturated carbocycles. The first-order valence-corrected chi connectivity index (χ1v) is 9.52. The van der Waals surface area contributed by atoms with Gasteiger partial charge in [-0.25, -0.2) is 0 Å². The molecule has 4 rings (SSSR count). The lowest BCUT2D eigenvalue weighted by molar-refractivity contribution is -0.0383. The molecule has 0 spiro atoms. The molecule has 1 aromatic carbocycles. The van der Waals surface area contributed by atoms with Gasteiger partial charge in [0.2, 0.25) is 0 Å². The fourth-order valence-corrected chi connectivity index (χ4v) is 4.01. The van der Waals surface area contributed by atoms with Crippen LogP contribution in [0.5, 0.6) is 5.75 Å². The van der Waals surface area contributed by atoms with Gasteiger partial charge in [0.25, 0.3) is 5.91 Å². The Morgan fingerprint density at radius 1 is 1.20 bits per heavy atom. The highest BCUT2D eigenvalue weighted by Crippen LogP contribution is 2.33. The summed E-state index contributed by atoms with van der Waals surface area (Å²) >= 11 is 0. The fourth-order valence-electron chi connectivity index (χ4n) is 4.01. The van der Waals surface area contributed by atoms with E-state index in [9.17, 15) is 9.90 Å². The molecule has 2 aliphatic carbocycles. The first kappa shape index (κ1) is 16.9. The summed E-state index contributed by atoms with van der Waals surface area (Å²) in [4.78, 5) is 14.9. The van der Waals surface area contributed by atoms with Crippen LogP contribution in [-0.2, 0) is 4.74 Å². The number of ether oxygens (including phenoxy) is 2. The van der Waals surface area contributed by atoms with E-state index in [1.165, 1.54) is 12.8 Å². The van der Waals surface area contributed by atoms with Crippen LogP contribution in [0.4, 0.5) is 0 Å². The lowest BCUT2D eigenvalue weighted by Gasteiger charge is -2.40. The molecule has 0 bridgehead atoms. The number of rotatable bonds is 5. The molecule has 25 heavy (non-hydrogen) atoms. The van der Waals surface area contributed by atoms with Gasteiger partial charge in [-0.3, -0.25) is 4.79 Å². The summed E-state index contributed by atoms with van der Waals surface area (Å²) in [7, 11) is 0. The van der Waals surface area contributed by atoms with Crippen molar-refractivity contribution in [2.24, 2.45) is 11.8 Å². The second-order valence-electron chi connectivity index (χ2n) is 7.58. The highest BCUT2D eigenvalue weighted by Gasteiger charge is 2.39. The summed E-state index contributed by atoms with van der Waals surface area (Å²) in [5, 5.41) is 10.2. The summed E-state index contributed by atoms with van der Waals surface area (Å²) < 4.78 is 11.4. The highest BCUT2D eigenvalue weighted by molar-refractivity contribution is 5.94. The van der Waals surface area contributed by atoms with Crippen LogP contribution in [0.25, 0.3) is 0 Å². The van der Waals surface area contributed by atoms with Crippen LogP contribution in [0.3, 0.4) is 0 Å². The average molecular weight is 345 g/mol. The summed E-state index contributed by atoms with van der Waals surface area (Å²) in [5.41, 5.74) is 0.679. The van der Waals surface area contributed by atoms with Gasteiger partial charge in [0.05, 0.1) is 32.0 Å². The van der Waals surface area contributed by atoms with E-state index in [4.69, 9.17) is 9.47 Å². The zero-order chi connectivity index (χ0) is 17.2. The molecule has 0 aromatic heterocycles. The van der Waals surface area contributed by atoms with E-state index in [1.54, 1.807) is 0 Å². The Bertz CT molecular complexity index is 598. The first-order chi connectivity index (χ1) is 12.2. The Kier molecular flexibility index (Phi) is 4.95. The molecule has 5 heteroatoms. The van der Waals surface area contributed by atoms with Gasteiger partial charge in [-0.05, 0) is 55.9 Å². The zero-order valence-corrected chi connectivity index (χ0v) is 14.6. The van der Waals surface area contributed by atoms with Gasteiger partial charge < -0.3 is 19.5 Å². The third kappa shape index (κ3) is 3.82. The van der Waals surface area contributed by atoms with Gasteiger partial charge in [-0.15, -0.1) is 0 Å². The smallest absolute Gasteiger partial charge is 0.254 e. The van der Waals surface area contributed by atoms with Gasteiger partial charge in [0.15, 0.2) is 0 Å². The molecule has 1 amide bonds. The van der Waals surface area contributed by atoms with Gasteiger partial charge in [0, 0.05) is 18.0 Å². The largest absolute Gasteiger partial charge is 0.493 e. The van der Waals surface area contributed by atoms with Crippen molar-refractivity contribution in [3.05, 3.63) is 29.8 Å². The Balaban J connectivity index is 1.43. The van der Waals surface area contributed by atoms with E-state index in [-0.39, 0.29) is 24.0 Å². The minimum absolute atomic E-state index is 0.0236. The second-order valence-corrected chi connectivity index (χ2v) is 7.58. The van der Waals surface area contributed by atoms with Crippen LogP contribution in [0.15, 0.2) is 24.3 Å². The van der Waals surface area contributed by atoms with Crippen molar-refractivity contribution in [2.75, 3.05) is 26.4 Å². The molecule has 1 aromatic rings. The number of amides is 1. The van der Waals surface area contributed by atoms with Crippen molar-refractivity contribution in [1.82, 2.24) is 4.90 Å². The average Bonchev–Trinajstić information content (AvgIpc) is 3.39. The SMILES string of the molecule is O=C(c1ccc(OCC2CC2)cc1)N1CCOC[C@@H]1[C@@H]1CCC[C@@H]1O. The molecule has 1 aliphatic heterocycles. The predicted molar refractivity (Wildman–Crippen MR) is 93.7 cm³/mol. The van der Waals surface area contributed by atoms with Crippen molar-refractivity contribution in [3.63, 3.8) is 0 Å². The molecule has 136 valence electrons. The molecule has 0 unspecified atom stereocenters. The quantitative estimate of drug-likeness (QED) is 0.891. The van der Waals surface area contributed by atoms with Gasteiger partial charge in [-0.2, -0.15) is 0 Å². The van der Waals surface area contributed by atoms with Crippen LogP contribution in [0.2, 0.25) is 0 Å². The topological polar surface area (TPSA) is 59.0 Å². The summed E-state index contributed by atoms with van der Waals surface area (Å²) in [6.07, 6.45) is 5.03. The Labute approximate surface area is 148 Å². The molecule has 1 heterocycles. The minimum Gasteiger partial charge on any atom is -0.493 e. The number of carbonyl (C=O) groups is 1.